The number of carbonyl (C=O) groups is 1. The van der Waals surface area contributed by atoms with Crippen LogP contribution in [-0.4, -0.2) is 11.7 Å². The molecule has 0 spiro atoms. The molecule has 1 heterocycles. The maximum absolute atomic E-state index is 12.6. The van der Waals surface area contributed by atoms with Gasteiger partial charge in [0, 0.05) is 27.2 Å². The van der Waals surface area contributed by atoms with Crippen LogP contribution < -0.4 is 5.32 Å². The summed E-state index contributed by atoms with van der Waals surface area (Å²) in [4.78, 5) is 14.1. The number of thioether (sulfide) groups is 1. The minimum absolute atomic E-state index is 0.213. The number of hydrogen-bond acceptors (Lipinski definition) is 4. The van der Waals surface area contributed by atoms with E-state index in [-0.39, 0.29) is 5.91 Å². The van der Waals surface area contributed by atoms with Crippen LogP contribution in [0.5, 0.6) is 0 Å². The number of para-hydroxylation sites is 1. The first-order valence-electron chi connectivity index (χ1n) is 7.28. The highest BCUT2D eigenvalue weighted by Crippen LogP contribution is 2.36. The molecule has 1 N–H and O–H groups in total. The van der Waals surface area contributed by atoms with Crippen LogP contribution in [0.4, 0.5) is 5.69 Å². The number of carbonyl (C=O) groups excluding carboxylic acids is 1. The molecule has 0 saturated carbocycles. The first-order chi connectivity index (χ1) is 11.7. The van der Waals surface area contributed by atoms with Gasteiger partial charge >= 0.3 is 0 Å². The fraction of sp³-hybridized carbons (Fsp3) is 0.111. The van der Waals surface area contributed by atoms with Gasteiger partial charge < -0.3 is 5.32 Å². The molecule has 0 aliphatic carbocycles. The Kier molecular flexibility index (Phi) is 5.41. The van der Waals surface area contributed by atoms with Crippen LogP contribution in [0.25, 0.3) is 10.1 Å². The minimum Gasteiger partial charge on any atom is -0.320 e. The van der Waals surface area contributed by atoms with E-state index < -0.39 is 0 Å². The molecule has 1 amide bonds. The molecule has 0 unspecified atom stereocenters. The van der Waals surface area contributed by atoms with Crippen LogP contribution in [0.1, 0.15) is 16.1 Å². The summed E-state index contributed by atoms with van der Waals surface area (Å²) in [6, 6.07) is 17.4. The van der Waals surface area contributed by atoms with Crippen LogP contribution in [-0.2, 0) is 0 Å². The van der Waals surface area contributed by atoms with Gasteiger partial charge in [-0.15, -0.1) is 23.1 Å². The van der Waals surface area contributed by atoms with Crippen LogP contribution in [0.3, 0.4) is 0 Å². The molecule has 0 radical (unpaired) electrons. The molecule has 2 aromatic carbocycles. The molecule has 1 aromatic heterocycles. The largest absolute Gasteiger partial charge is 0.320 e. The Bertz CT molecular complexity index is 930. The molecule has 0 atom stereocenters. The highest BCUT2D eigenvalue weighted by atomic mass is 35.5. The summed E-state index contributed by atoms with van der Waals surface area (Å²) in [5.41, 5.74) is 0.735. The van der Waals surface area contributed by atoms with E-state index in [1.54, 1.807) is 11.8 Å². The quantitative estimate of drug-likeness (QED) is 0.454. The number of anilines is 1. The van der Waals surface area contributed by atoms with E-state index in [0.717, 1.165) is 20.7 Å². The van der Waals surface area contributed by atoms with Gasteiger partial charge in [0.2, 0.25) is 0 Å². The minimum atomic E-state index is -0.213. The highest BCUT2D eigenvalue weighted by molar-refractivity contribution is 7.99. The molecule has 120 valence electrons. The molecular formula is C18H13ClN2OS2. The SMILES string of the molecule is N#CCCSc1ccccc1NC(=O)c1sc2ccccc2c1Cl. The summed E-state index contributed by atoms with van der Waals surface area (Å²) in [6.45, 7) is 0. The maximum Gasteiger partial charge on any atom is 0.267 e. The number of thiophene rings is 1. The van der Waals surface area contributed by atoms with Gasteiger partial charge in [0.05, 0.1) is 16.8 Å². The Morgan fingerprint density at radius 2 is 1.96 bits per heavy atom. The smallest absolute Gasteiger partial charge is 0.267 e. The van der Waals surface area contributed by atoms with E-state index in [2.05, 4.69) is 11.4 Å². The summed E-state index contributed by atoms with van der Waals surface area (Å²) >= 11 is 9.30. The molecule has 0 aliphatic rings. The third-order valence-electron chi connectivity index (χ3n) is 3.35. The number of hydrogen-bond donors (Lipinski definition) is 1. The lowest BCUT2D eigenvalue weighted by Crippen LogP contribution is -2.11. The van der Waals surface area contributed by atoms with Gasteiger partial charge in [0.15, 0.2) is 0 Å². The Hall–Kier alpha value is -2.00. The van der Waals surface area contributed by atoms with Crippen molar-refractivity contribution in [1.29, 1.82) is 5.26 Å². The predicted molar refractivity (Wildman–Crippen MR) is 102 cm³/mol. The third-order valence-corrected chi connectivity index (χ3v) is 6.10. The Morgan fingerprint density at radius 1 is 1.21 bits per heavy atom. The van der Waals surface area contributed by atoms with Crippen molar-refractivity contribution in [2.24, 2.45) is 0 Å². The number of benzene rings is 2. The van der Waals surface area contributed by atoms with Crippen LogP contribution in [0.2, 0.25) is 5.02 Å². The summed E-state index contributed by atoms with van der Waals surface area (Å²) in [5.74, 6) is 0.474. The maximum atomic E-state index is 12.6. The lowest BCUT2D eigenvalue weighted by Gasteiger charge is -2.09. The van der Waals surface area contributed by atoms with Crippen LogP contribution in [0.15, 0.2) is 53.4 Å². The number of rotatable bonds is 5. The van der Waals surface area contributed by atoms with Crippen LogP contribution >= 0.6 is 34.7 Å². The molecule has 0 fully saturated rings. The lowest BCUT2D eigenvalue weighted by atomic mass is 10.2. The van der Waals surface area contributed by atoms with Crippen molar-refractivity contribution in [3.63, 3.8) is 0 Å². The molecule has 3 aromatic rings. The number of amides is 1. The molecule has 0 bridgehead atoms. The van der Waals surface area contributed by atoms with Gasteiger partial charge in [-0.3, -0.25) is 4.79 Å². The number of nitrogens with one attached hydrogen (secondary N) is 1. The van der Waals surface area contributed by atoms with E-state index in [9.17, 15) is 4.79 Å². The second kappa shape index (κ2) is 7.71. The van der Waals surface area contributed by atoms with Crippen molar-refractivity contribution < 1.29 is 4.79 Å². The van der Waals surface area contributed by atoms with E-state index >= 15 is 0 Å². The van der Waals surface area contributed by atoms with Gasteiger partial charge in [-0.1, -0.05) is 41.9 Å². The second-order valence-corrected chi connectivity index (χ2v) is 7.52. The predicted octanol–water partition coefficient (Wildman–Crippen LogP) is 5.81. The number of halogens is 1. The summed E-state index contributed by atoms with van der Waals surface area (Å²) in [7, 11) is 0. The average molecular weight is 373 g/mol. The summed E-state index contributed by atoms with van der Waals surface area (Å²) in [5, 5.41) is 13.0. The van der Waals surface area contributed by atoms with E-state index in [1.165, 1.54) is 11.3 Å². The fourth-order valence-electron chi connectivity index (χ4n) is 2.24. The van der Waals surface area contributed by atoms with Crippen molar-refractivity contribution in [2.45, 2.75) is 11.3 Å². The van der Waals surface area contributed by atoms with Crippen molar-refractivity contribution in [1.82, 2.24) is 0 Å². The van der Waals surface area contributed by atoms with Gasteiger partial charge in [-0.05, 0) is 18.2 Å². The number of nitrogens with zero attached hydrogens (tertiary/aromatic N) is 1. The number of fused-ring (bicyclic) bond motifs is 1. The van der Waals surface area contributed by atoms with Crippen LogP contribution in [0, 0.1) is 11.3 Å². The summed E-state index contributed by atoms with van der Waals surface area (Å²) in [6.07, 6.45) is 0.467. The first-order valence-corrected chi connectivity index (χ1v) is 9.46. The van der Waals surface area contributed by atoms with Gasteiger partial charge in [-0.2, -0.15) is 5.26 Å². The molecule has 3 rings (SSSR count). The van der Waals surface area contributed by atoms with Crippen molar-refractivity contribution in [3.05, 3.63) is 58.4 Å². The van der Waals surface area contributed by atoms with Crippen molar-refractivity contribution in [2.75, 3.05) is 11.1 Å². The monoisotopic (exact) mass is 372 g/mol. The van der Waals surface area contributed by atoms with E-state index in [4.69, 9.17) is 16.9 Å². The lowest BCUT2D eigenvalue weighted by molar-refractivity contribution is 0.103. The van der Waals surface area contributed by atoms with Gasteiger partial charge in [-0.25, -0.2) is 0 Å². The van der Waals surface area contributed by atoms with Crippen molar-refractivity contribution >= 4 is 56.4 Å². The Labute approximate surface area is 153 Å². The Morgan fingerprint density at radius 3 is 2.75 bits per heavy atom. The zero-order valence-corrected chi connectivity index (χ0v) is 15.0. The Balaban J connectivity index is 1.84. The summed E-state index contributed by atoms with van der Waals surface area (Å²) < 4.78 is 0.990. The molecule has 0 aliphatic heterocycles. The molecule has 24 heavy (non-hydrogen) atoms. The second-order valence-electron chi connectivity index (χ2n) is 4.95. The van der Waals surface area contributed by atoms with Crippen molar-refractivity contribution in [3.8, 4) is 6.07 Å². The van der Waals surface area contributed by atoms with E-state index in [1.807, 2.05) is 48.5 Å². The zero-order chi connectivity index (χ0) is 16.9. The van der Waals surface area contributed by atoms with Gasteiger partial charge in [0.25, 0.3) is 5.91 Å². The van der Waals surface area contributed by atoms with E-state index in [0.29, 0.717) is 22.1 Å². The van der Waals surface area contributed by atoms with Gasteiger partial charge in [0.1, 0.15) is 4.88 Å². The standard InChI is InChI=1S/C18H13ClN2OS2/c19-16-12-6-1-3-8-14(12)24-17(16)18(22)21-13-7-2-4-9-15(13)23-11-5-10-20/h1-4,6-9H,5,11H2,(H,21,22). The fourth-order valence-corrected chi connectivity index (χ4v) is 4.52. The first kappa shape index (κ1) is 16.8. The topological polar surface area (TPSA) is 52.9 Å². The highest BCUT2D eigenvalue weighted by Gasteiger charge is 2.17. The molecule has 6 heteroatoms. The zero-order valence-electron chi connectivity index (χ0n) is 12.6. The molecular weight excluding hydrogens is 360 g/mol. The normalized spacial score (nSPS) is 10.5. The number of nitriles is 1. The molecule has 3 nitrogen and oxygen atoms in total. The molecule has 0 saturated heterocycles. The third kappa shape index (κ3) is 3.57. The average Bonchev–Trinajstić information content (AvgIpc) is 2.94.